The molecule has 1 saturated carbocycles. The minimum absolute atomic E-state index is 0.0197. The van der Waals surface area contributed by atoms with Gasteiger partial charge in [0.25, 0.3) is 0 Å². The van der Waals surface area contributed by atoms with Crippen LogP contribution in [0.4, 0.5) is 17.6 Å². The van der Waals surface area contributed by atoms with Crippen molar-refractivity contribution in [2.45, 2.75) is 50.5 Å². The summed E-state index contributed by atoms with van der Waals surface area (Å²) in [7, 11) is 1.20. The van der Waals surface area contributed by atoms with Crippen LogP contribution in [0.1, 0.15) is 49.1 Å². The molecule has 0 unspecified atom stereocenters. The van der Waals surface area contributed by atoms with Gasteiger partial charge in [0, 0.05) is 5.56 Å². The summed E-state index contributed by atoms with van der Waals surface area (Å²) in [5.41, 5.74) is 1.84. The quantitative estimate of drug-likeness (QED) is 0.175. The van der Waals surface area contributed by atoms with E-state index in [4.69, 9.17) is 0 Å². The van der Waals surface area contributed by atoms with Crippen LogP contribution in [0.25, 0.3) is 11.1 Å². The van der Waals surface area contributed by atoms with E-state index in [0.29, 0.717) is 43.2 Å². The van der Waals surface area contributed by atoms with Gasteiger partial charge in [-0.15, -0.1) is 13.2 Å². The van der Waals surface area contributed by atoms with E-state index in [1.165, 1.54) is 7.11 Å². The summed E-state index contributed by atoms with van der Waals surface area (Å²) in [4.78, 5) is 0. The van der Waals surface area contributed by atoms with Gasteiger partial charge in [-0.3, -0.25) is 0 Å². The fourth-order valence-corrected chi connectivity index (χ4v) is 4.11. The first-order chi connectivity index (χ1) is 16.7. The van der Waals surface area contributed by atoms with Crippen molar-refractivity contribution in [3.05, 3.63) is 108 Å². The smallest absolute Gasteiger partial charge is 0.200 e. The molecular weight excluding hydrogens is 456 g/mol. The zero-order valence-corrected chi connectivity index (χ0v) is 20.1. The van der Waals surface area contributed by atoms with Gasteiger partial charge < -0.3 is 9.84 Å². The molecule has 0 saturated heterocycles. The van der Waals surface area contributed by atoms with Gasteiger partial charge in [-0.25, -0.2) is 13.2 Å². The molecule has 6 heteroatoms. The maximum atomic E-state index is 14.9. The molecule has 2 nitrogen and oxygen atoms in total. The maximum Gasteiger partial charge on any atom is 0.200 e. The van der Waals surface area contributed by atoms with Crippen LogP contribution < -0.4 is 0 Å². The summed E-state index contributed by atoms with van der Waals surface area (Å²) in [6.07, 6.45) is 2.66. The number of benzene rings is 2. The second-order valence-electron chi connectivity index (χ2n) is 8.39. The van der Waals surface area contributed by atoms with Crippen molar-refractivity contribution in [2.24, 2.45) is 0 Å². The molecule has 0 aromatic heterocycles. The maximum absolute atomic E-state index is 14.9. The van der Waals surface area contributed by atoms with E-state index in [-0.39, 0.29) is 29.6 Å². The lowest BCUT2D eigenvalue weighted by Crippen LogP contribution is -2.18. The average Bonchev–Trinajstić information content (AvgIpc) is 2.89. The van der Waals surface area contributed by atoms with Gasteiger partial charge in [0.15, 0.2) is 23.3 Å². The van der Waals surface area contributed by atoms with Gasteiger partial charge in [-0.1, -0.05) is 49.6 Å². The summed E-state index contributed by atoms with van der Waals surface area (Å²) in [6.45, 7) is 12.8. The molecule has 35 heavy (non-hydrogen) atoms. The number of hydrogen-bond acceptors (Lipinski definition) is 2. The van der Waals surface area contributed by atoms with Crippen LogP contribution >= 0.6 is 0 Å². The lowest BCUT2D eigenvalue weighted by molar-refractivity contribution is 0.122. The van der Waals surface area contributed by atoms with Crippen molar-refractivity contribution >= 4 is 0 Å². The predicted molar refractivity (Wildman–Crippen MR) is 133 cm³/mol. The molecule has 2 aromatic carbocycles. The van der Waals surface area contributed by atoms with Crippen molar-refractivity contribution in [1.82, 2.24) is 0 Å². The number of rotatable bonds is 8. The van der Waals surface area contributed by atoms with Crippen molar-refractivity contribution in [3.63, 3.8) is 0 Å². The Balaban J connectivity index is 0.00000210. The standard InChI is InChI=1S/C27H28F4O2.C2H4/c1-16(24(28)25(29)17(2)33-3)4-5-18-6-8-19(9-7-18)22-14-15-23(27(31)26(22)30)20-10-12-21(32)13-11-20;1-2/h6-9,14-15,20-21,32H,1-2,4-5,10-13H2,3H3;1-2H2/b25-24-;. The first-order valence-corrected chi connectivity index (χ1v) is 11.4. The Kier molecular flexibility index (Phi) is 10.5. The lowest BCUT2D eigenvalue weighted by Gasteiger charge is -2.26. The minimum Gasteiger partial charge on any atom is -0.494 e. The largest absolute Gasteiger partial charge is 0.494 e. The Morgan fingerprint density at radius 1 is 0.914 bits per heavy atom. The van der Waals surface area contributed by atoms with Crippen LogP contribution in [0.5, 0.6) is 0 Å². The Hall–Kier alpha value is -3.12. The van der Waals surface area contributed by atoms with Crippen LogP contribution in [-0.2, 0) is 11.2 Å². The third kappa shape index (κ3) is 6.95. The fourth-order valence-electron chi connectivity index (χ4n) is 4.11. The van der Waals surface area contributed by atoms with E-state index in [9.17, 15) is 22.7 Å². The number of aliphatic hydroxyl groups excluding tert-OH is 1. The third-order valence-electron chi connectivity index (χ3n) is 6.22. The molecule has 1 aliphatic carbocycles. The van der Waals surface area contributed by atoms with Gasteiger partial charge in [-0.2, -0.15) is 4.39 Å². The van der Waals surface area contributed by atoms with E-state index >= 15 is 0 Å². The van der Waals surface area contributed by atoms with E-state index in [1.807, 2.05) is 0 Å². The van der Waals surface area contributed by atoms with Crippen LogP contribution in [0.2, 0.25) is 0 Å². The van der Waals surface area contributed by atoms with Gasteiger partial charge in [0.1, 0.15) is 5.76 Å². The number of allylic oxidation sites excluding steroid dienone is 3. The molecule has 0 amide bonds. The molecular formula is C29H32F4O2. The first kappa shape index (κ1) is 28.1. The highest BCUT2D eigenvalue weighted by molar-refractivity contribution is 5.65. The molecule has 0 aliphatic heterocycles. The molecule has 1 aliphatic rings. The van der Waals surface area contributed by atoms with Crippen molar-refractivity contribution < 1.29 is 27.4 Å². The number of methoxy groups -OCH3 is 1. The Labute approximate surface area is 205 Å². The van der Waals surface area contributed by atoms with Gasteiger partial charge in [-0.05, 0) is 66.7 Å². The Morgan fingerprint density at radius 3 is 2.09 bits per heavy atom. The fraction of sp³-hybridized carbons (Fsp3) is 0.310. The molecule has 0 radical (unpaired) electrons. The second-order valence-corrected chi connectivity index (χ2v) is 8.39. The molecule has 188 valence electrons. The minimum atomic E-state index is -1.18. The van der Waals surface area contributed by atoms with Crippen LogP contribution in [0.15, 0.2) is 85.7 Å². The molecule has 1 N–H and O–H groups in total. The zero-order chi connectivity index (χ0) is 26.1. The normalized spacial score (nSPS) is 18.1. The monoisotopic (exact) mass is 488 g/mol. The van der Waals surface area contributed by atoms with Crippen LogP contribution in [0, 0.1) is 11.6 Å². The lowest BCUT2D eigenvalue weighted by atomic mass is 9.82. The summed E-state index contributed by atoms with van der Waals surface area (Å²) < 4.78 is 62.1. The number of hydrogen-bond donors (Lipinski definition) is 1. The summed E-state index contributed by atoms with van der Waals surface area (Å²) in [5.74, 6) is -4.49. The second kappa shape index (κ2) is 13.1. The number of aryl methyl sites for hydroxylation is 1. The predicted octanol–water partition coefficient (Wildman–Crippen LogP) is 8.25. The number of aliphatic hydroxyl groups is 1. The van der Waals surface area contributed by atoms with Crippen molar-refractivity contribution in [1.29, 1.82) is 0 Å². The molecule has 3 rings (SSSR count). The summed E-state index contributed by atoms with van der Waals surface area (Å²) in [6, 6.07) is 10.0. The molecule has 0 bridgehead atoms. The highest BCUT2D eigenvalue weighted by Gasteiger charge is 2.25. The Bertz CT molecular complexity index is 1060. The number of halogens is 4. The van der Waals surface area contributed by atoms with Crippen LogP contribution in [0.3, 0.4) is 0 Å². The molecule has 2 aromatic rings. The third-order valence-corrected chi connectivity index (χ3v) is 6.22. The Morgan fingerprint density at radius 2 is 1.51 bits per heavy atom. The van der Waals surface area contributed by atoms with E-state index in [1.54, 1.807) is 36.4 Å². The first-order valence-electron chi connectivity index (χ1n) is 11.4. The van der Waals surface area contributed by atoms with Crippen molar-refractivity contribution in [3.8, 4) is 11.1 Å². The SMILES string of the molecule is C=C.C=C(CCc1ccc(-c2ccc(C3CCC(O)CC3)c(F)c2F)cc1)/C(F)=C(/F)C(=C)OC. The van der Waals surface area contributed by atoms with E-state index in [0.717, 1.165) is 5.56 Å². The topological polar surface area (TPSA) is 29.5 Å². The van der Waals surface area contributed by atoms with Gasteiger partial charge in [0.2, 0.25) is 0 Å². The summed E-state index contributed by atoms with van der Waals surface area (Å²) >= 11 is 0. The van der Waals surface area contributed by atoms with Gasteiger partial charge in [0.05, 0.1) is 13.2 Å². The van der Waals surface area contributed by atoms with Crippen LogP contribution in [-0.4, -0.2) is 18.3 Å². The molecule has 1 fully saturated rings. The van der Waals surface area contributed by atoms with E-state index < -0.39 is 29.0 Å². The zero-order valence-electron chi connectivity index (χ0n) is 20.1. The van der Waals surface area contributed by atoms with Gasteiger partial charge >= 0.3 is 0 Å². The van der Waals surface area contributed by atoms with Crippen molar-refractivity contribution in [2.75, 3.05) is 7.11 Å². The van der Waals surface area contributed by atoms with E-state index in [2.05, 4.69) is 31.1 Å². The molecule has 0 heterocycles. The highest BCUT2D eigenvalue weighted by Crippen LogP contribution is 2.37. The summed E-state index contributed by atoms with van der Waals surface area (Å²) in [5, 5.41) is 9.65. The average molecular weight is 489 g/mol. The number of ether oxygens (including phenoxy) is 1. The highest BCUT2D eigenvalue weighted by atomic mass is 19.2. The molecule has 0 spiro atoms. The molecule has 0 atom stereocenters.